The predicted molar refractivity (Wildman–Crippen MR) is 62.2 cm³/mol. The highest BCUT2D eigenvalue weighted by Crippen LogP contribution is 2.49. The van der Waals surface area contributed by atoms with Crippen LogP contribution in [0.5, 0.6) is 0 Å². The molecular weight excluding hydrogens is 296 g/mol. The minimum Gasteiger partial charge on any atom is -0.394 e. The van der Waals surface area contributed by atoms with Crippen LogP contribution >= 0.6 is 0 Å². The number of ether oxygens (including phenoxy) is 3. The maximum Gasteiger partial charge on any atom is 0.407 e. The Labute approximate surface area is 116 Å². The van der Waals surface area contributed by atoms with Crippen LogP contribution in [0.1, 0.15) is 26.2 Å². The molecule has 2 fully saturated rings. The van der Waals surface area contributed by atoms with E-state index in [0.717, 1.165) is 0 Å². The number of unbranched alkanes of at least 4 members (excludes halogenated alkanes) is 1. The number of aliphatic hydroxyl groups is 2. The van der Waals surface area contributed by atoms with E-state index in [-0.39, 0.29) is 26.2 Å². The fraction of sp³-hybridized carbons (Fsp3) is 1.00. The van der Waals surface area contributed by atoms with Crippen LogP contribution < -0.4 is 0 Å². The molecule has 0 aromatic heterocycles. The van der Waals surface area contributed by atoms with Crippen LogP contribution in [0, 0.1) is 0 Å². The van der Waals surface area contributed by atoms with E-state index in [9.17, 15) is 13.5 Å². The van der Waals surface area contributed by atoms with Crippen molar-refractivity contribution >= 4 is 10.4 Å². The van der Waals surface area contributed by atoms with Gasteiger partial charge in [-0.15, -0.1) is 0 Å². The Hall–Kier alpha value is -0.330. The van der Waals surface area contributed by atoms with Gasteiger partial charge in [-0.2, -0.15) is 12.6 Å². The summed E-state index contributed by atoms with van der Waals surface area (Å²) in [5.74, 6) is -4.39. The van der Waals surface area contributed by atoms with Crippen molar-refractivity contribution in [2.75, 3.05) is 19.8 Å². The number of aliphatic hydroxyl groups excluding tert-OH is 1. The first-order valence-corrected chi connectivity index (χ1v) is 7.62. The quantitative estimate of drug-likeness (QED) is 0.581. The third kappa shape index (κ3) is 2.97. The normalized spacial score (nSPS) is 39.0. The van der Waals surface area contributed by atoms with E-state index in [4.69, 9.17) is 19.3 Å². The van der Waals surface area contributed by atoms with Gasteiger partial charge >= 0.3 is 16.4 Å². The molecule has 1 unspecified atom stereocenters. The first-order valence-electron chi connectivity index (χ1n) is 6.29. The molecule has 1 spiro atoms. The Morgan fingerprint density at radius 3 is 2.60 bits per heavy atom. The van der Waals surface area contributed by atoms with Crippen molar-refractivity contribution < 1.29 is 41.2 Å². The van der Waals surface area contributed by atoms with E-state index in [2.05, 4.69) is 8.37 Å². The summed E-state index contributed by atoms with van der Waals surface area (Å²) in [5.41, 5.74) is 0. The van der Waals surface area contributed by atoms with Crippen LogP contribution in [0.4, 0.5) is 0 Å². The molecule has 0 aliphatic carbocycles. The van der Waals surface area contributed by atoms with Crippen molar-refractivity contribution in [3.63, 3.8) is 0 Å². The molecule has 0 aromatic carbocycles. The summed E-state index contributed by atoms with van der Waals surface area (Å²) in [6.45, 7) is 1.77. The third-order valence-corrected chi connectivity index (χ3v) is 3.77. The van der Waals surface area contributed by atoms with E-state index >= 15 is 0 Å². The van der Waals surface area contributed by atoms with Gasteiger partial charge in [0.25, 0.3) is 5.79 Å². The molecule has 2 heterocycles. The van der Waals surface area contributed by atoms with E-state index < -0.39 is 28.4 Å². The monoisotopic (exact) mass is 314 g/mol. The zero-order chi connectivity index (χ0) is 14.9. The summed E-state index contributed by atoms with van der Waals surface area (Å²) < 4.78 is 47.1. The summed E-state index contributed by atoms with van der Waals surface area (Å²) in [6.07, 6.45) is 0.291. The predicted octanol–water partition coefficient (Wildman–Crippen LogP) is -0.808. The average Bonchev–Trinajstić information content (AvgIpc) is 2.53. The van der Waals surface area contributed by atoms with Crippen molar-refractivity contribution in [3.8, 4) is 0 Å². The highest BCUT2D eigenvalue weighted by molar-refractivity contribution is 7.82. The zero-order valence-corrected chi connectivity index (χ0v) is 11.8. The maximum absolute atomic E-state index is 11.4. The fourth-order valence-electron chi connectivity index (χ4n) is 1.94. The van der Waals surface area contributed by atoms with Gasteiger partial charge in [0.05, 0.1) is 19.8 Å². The first-order chi connectivity index (χ1) is 9.36. The molecule has 2 rings (SSSR count). The van der Waals surface area contributed by atoms with E-state index in [1.807, 2.05) is 6.92 Å². The van der Waals surface area contributed by atoms with Gasteiger partial charge in [0, 0.05) is 6.42 Å². The van der Waals surface area contributed by atoms with E-state index in [1.165, 1.54) is 0 Å². The standard InChI is InChI=1S/C10H18O9S/c1-2-3-4-9(12)10(19-20(13,14)18-9)16-8(17-10)7-15-6-5-11/h8,11-12H,2-7H2,1H3. The molecule has 0 saturated carbocycles. The molecular formula is C10H18O9S. The SMILES string of the molecule is CCCCC1(O)OS(=O)(=O)OC12OC(COCCO)O2. The molecule has 2 aliphatic heterocycles. The third-order valence-electron chi connectivity index (χ3n) is 2.86. The minimum atomic E-state index is -4.38. The number of rotatable bonds is 7. The van der Waals surface area contributed by atoms with Crippen molar-refractivity contribution in [2.24, 2.45) is 0 Å². The van der Waals surface area contributed by atoms with Gasteiger partial charge in [-0.05, 0) is 6.42 Å². The van der Waals surface area contributed by atoms with Crippen LogP contribution in [0.3, 0.4) is 0 Å². The van der Waals surface area contributed by atoms with Crippen molar-refractivity contribution in [2.45, 2.75) is 44.2 Å². The van der Waals surface area contributed by atoms with Crippen LogP contribution in [-0.2, 0) is 33.0 Å². The molecule has 10 heteroatoms. The molecule has 0 amide bonds. The molecule has 0 aromatic rings. The number of hydrogen-bond acceptors (Lipinski definition) is 9. The largest absolute Gasteiger partial charge is 0.407 e. The molecule has 2 aliphatic rings. The molecule has 2 saturated heterocycles. The van der Waals surface area contributed by atoms with E-state index in [1.54, 1.807) is 0 Å². The lowest BCUT2D eigenvalue weighted by molar-refractivity contribution is -0.569. The van der Waals surface area contributed by atoms with Gasteiger partial charge in [0.2, 0.25) is 0 Å². The Balaban J connectivity index is 1.99. The van der Waals surface area contributed by atoms with Gasteiger partial charge in [-0.25, -0.2) is 4.18 Å². The molecule has 0 bridgehead atoms. The number of hydrogen-bond donors (Lipinski definition) is 2. The molecule has 1 atom stereocenters. The second-order valence-electron chi connectivity index (χ2n) is 4.48. The fourth-order valence-corrected chi connectivity index (χ4v) is 2.97. The van der Waals surface area contributed by atoms with Crippen molar-refractivity contribution in [1.29, 1.82) is 0 Å². The van der Waals surface area contributed by atoms with E-state index in [0.29, 0.717) is 12.8 Å². The van der Waals surface area contributed by atoms with Crippen molar-refractivity contribution in [1.82, 2.24) is 0 Å². The minimum absolute atomic E-state index is 0.0209. The Morgan fingerprint density at radius 2 is 2.00 bits per heavy atom. The van der Waals surface area contributed by atoms with Gasteiger partial charge in [-0.1, -0.05) is 13.3 Å². The Morgan fingerprint density at radius 1 is 1.30 bits per heavy atom. The second-order valence-corrected chi connectivity index (χ2v) is 5.63. The summed E-state index contributed by atoms with van der Waals surface area (Å²) in [5, 5.41) is 18.8. The smallest absolute Gasteiger partial charge is 0.394 e. The highest BCUT2D eigenvalue weighted by Gasteiger charge is 2.73. The molecule has 2 N–H and O–H groups in total. The van der Waals surface area contributed by atoms with Gasteiger partial charge < -0.3 is 14.9 Å². The van der Waals surface area contributed by atoms with Crippen molar-refractivity contribution in [3.05, 3.63) is 0 Å². The average molecular weight is 314 g/mol. The Bertz CT molecular complexity index is 430. The maximum atomic E-state index is 11.4. The zero-order valence-electron chi connectivity index (χ0n) is 11.0. The van der Waals surface area contributed by atoms with Gasteiger partial charge in [0.15, 0.2) is 6.29 Å². The molecule has 118 valence electrons. The lowest BCUT2D eigenvalue weighted by atomic mass is 10.1. The summed E-state index contributed by atoms with van der Waals surface area (Å²) in [6, 6.07) is 0. The molecule has 9 nitrogen and oxygen atoms in total. The van der Waals surface area contributed by atoms with Crippen LogP contribution in [-0.4, -0.2) is 56.5 Å². The van der Waals surface area contributed by atoms with Gasteiger partial charge in [0.1, 0.15) is 0 Å². The second kappa shape index (κ2) is 5.81. The summed E-state index contributed by atoms with van der Waals surface area (Å²) in [7, 11) is -4.38. The van der Waals surface area contributed by atoms with Gasteiger partial charge in [-0.3, -0.25) is 9.47 Å². The lowest BCUT2D eigenvalue weighted by Crippen LogP contribution is -2.67. The Kier molecular flexibility index (Phi) is 4.66. The van der Waals surface area contributed by atoms with Crippen LogP contribution in [0.2, 0.25) is 0 Å². The first kappa shape index (κ1) is 16.0. The van der Waals surface area contributed by atoms with Crippen LogP contribution in [0.25, 0.3) is 0 Å². The van der Waals surface area contributed by atoms with Crippen LogP contribution in [0.15, 0.2) is 0 Å². The molecule has 20 heavy (non-hydrogen) atoms. The lowest BCUT2D eigenvalue weighted by Gasteiger charge is -2.46. The summed E-state index contributed by atoms with van der Waals surface area (Å²) >= 11 is 0. The highest BCUT2D eigenvalue weighted by atomic mass is 32.3. The summed E-state index contributed by atoms with van der Waals surface area (Å²) in [4.78, 5) is 0. The molecule has 0 radical (unpaired) electrons. The topological polar surface area (TPSA) is 121 Å².